The Hall–Kier alpha value is -1.06. The monoisotopic (exact) mass is 402 g/mol. The summed E-state index contributed by atoms with van der Waals surface area (Å²) in [7, 11) is 0. The largest absolute Gasteiger partial charge is 0.494 e. The van der Waals surface area contributed by atoms with Crippen LogP contribution in [-0.2, 0) is 9.47 Å². The third-order valence-electron chi connectivity index (χ3n) is 6.90. The summed E-state index contributed by atoms with van der Waals surface area (Å²) in [6.45, 7) is 6.89. The maximum Gasteiger partial charge on any atom is 0.183 e. The molecular formula is C26H42O3. The number of hydrogen-bond donors (Lipinski definition) is 0. The lowest BCUT2D eigenvalue weighted by atomic mass is 9.78. The molecular weight excluding hydrogens is 360 g/mol. The van der Waals surface area contributed by atoms with Gasteiger partial charge in [-0.05, 0) is 43.2 Å². The fraction of sp³-hybridized carbons (Fsp3) is 0.769. The van der Waals surface area contributed by atoms with Gasteiger partial charge in [0.2, 0.25) is 0 Å². The van der Waals surface area contributed by atoms with Crippen molar-refractivity contribution in [3.05, 3.63) is 29.8 Å². The van der Waals surface area contributed by atoms with Gasteiger partial charge in [0.15, 0.2) is 6.29 Å². The molecule has 3 heteroatoms. The SMILES string of the molecule is CCCCCC1CCC(CCCOc2ccc(C3OCC(CC)CO3)cc2)CC1. The molecule has 0 bridgehead atoms. The van der Waals surface area contributed by atoms with Gasteiger partial charge in [0.25, 0.3) is 0 Å². The minimum atomic E-state index is -0.219. The van der Waals surface area contributed by atoms with Crippen LogP contribution in [0.3, 0.4) is 0 Å². The molecule has 2 fully saturated rings. The van der Waals surface area contributed by atoms with Crippen LogP contribution in [-0.4, -0.2) is 19.8 Å². The third kappa shape index (κ3) is 7.61. The summed E-state index contributed by atoms with van der Waals surface area (Å²) >= 11 is 0. The summed E-state index contributed by atoms with van der Waals surface area (Å²) in [6.07, 6.45) is 14.8. The van der Waals surface area contributed by atoms with Gasteiger partial charge in [0.05, 0.1) is 19.8 Å². The quantitative estimate of drug-likeness (QED) is 0.363. The number of hydrogen-bond acceptors (Lipinski definition) is 3. The molecule has 0 amide bonds. The van der Waals surface area contributed by atoms with Gasteiger partial charge in [0.1, 0.15) is 5.75 Å². The van der Waals surface area contributed by atoms with Crippen LogP contribution in [0.1, 0.15) is 96.3 Å². The van der Waals surface area contributed by atoms with Gasteiger partial charge < -0.3 is 14.2 Å². The summed E-state index contributed by atoms with van der Waals surface area (Å²) in [5.41, 5.74) is 1.09. The summed E-state index contributed by atoms with van der Waals surface area (Å²) in [5, 5.41) is 0. The van der Waals surface area contributed by atoms with E-state index in [1.54, 1.807) is 0 Å². The highest BCUT2D eigenvalue weighted by Gasteiger charge is 2.22. The van der Waals surface area contributed by atoms with Gasteiger partial charge in [-0.1, -0.05) is 77.3 Å². The first kappa shape index (κ1) is 22.6. The molecule has 1 heterocycles. The fourth-order valence-corrected chi connectivity index (χ4v) is 4.75. The molecule has 1 aliphatic carbocycles. The lowest BCUT2D eigenvalue weighted by molar-refractivity contribution is -0.205. The molecule has 0 spiro atoms. The minimum Gasteiger partial charge on any atom is -0.494 e. The highest BCUT2D eigenvalue weighted by atomic mass is 16.7. The molecule has 1 aromatic carbocycles. The van der Waals surface area contributed by atoms with Crippen molar-refractivity contribution in [3.8, 4) is 5.75 Å². The van der Waals surface area contributed by atoms with Crippen molar-refractivity contribution in [1.29, 1.82) is 0 Å². The van der Waals surface area contributed by atoms with E-state index in [0.717, 1.165) is 49.4 Å². The van der Waals surface area contributed by atoms with Crippen LogP contribution in [0.2, 0.25) is 0 Å². The van der Waals surface area contributed by atoms with Gasteiger partial charge >= 0.3 is 0 Å². The Morgan fingerprint density at radius 2 is 1.41 bits per heavy atom. The van der Waals surface area contributed by atoms with Gasteiger partial charge in [-0.2, -0.15) is 0 Å². The zero-order valence-corrected chi connectivity index (χ0v) is 18.7. The molecule has 0 radical (unpaired) electrons. The molecule has 2 aliphatic rings. The maximum absolute atomic E-state index is 5.98. The molecule has 164 valence electrons. The summed E-state index contributed by atoms with van der Waals surface area (Å²) in [5.74, 6) is 3.43. The van der Waals surface area contributed by atoms with E-state index in [4.69, 9.17) is 14.2 Å². The van der Waals surface area contributed by atoms with E-state index in [0.29, 0.717) is 5.92 Å². The number of benzene rings is 1. The van der Waals surface area contributed by atoms with Crippen molar-refractivity contribution in [2.45, 2.75) is 90.8 Å². The van der Waals surface area contributed by atoms with Crippen molar-refractivity contribution in [2.24, 2.45) is 17.8 Å². The van der Waals surface area contributed by atoms with E-state index < -0.39 is 0 Å². The Balaban J connectivity index is 1.27. The van der Waals surface area contributed by atoms with Crippen molar-refractivity contribution in [2.75, 3.05) is 19.8 Å². The summed E-state index contributed by atoms with van der Waals surface area (Å²) in [6, 6.07) is 8.25. The summed E-state index contributed by atoms with van der Waals surface area (Å²) < 4.78 is 17.7. The van der Waals surface area contributed by atoms with Gasteiger partial charge in [-0.3, -0.25) is 0 Å². The van der Waals surface area contributed by atoms with Crippen molar-refractivity contribution in [3.63, 3.8) is 0 Å². The second-order valence-electron chi connectivity index (χ2n) is 9.22. The molecule has 1 aliphatic heterocycles. The van der Waals surface area contributed by atoms with Crippen LogP contribution in [0, 0.1) is 17.8 Å². The molecule has 1 saturated heterocycles. The van der Waals surface area contributed by atoms with E-state index in [1.807, 2.05) is 0 Å². The normalized spacial score (nSPS) is 27.7. The average molecular weight is 403 g/mol. The number of rotatable bonds is 11. The second kappa shape index (κ2) is 12.6. The Morgan fingerprint density at radius 1 is 0.793 bits per heavy atom. The van der Waals surface area contributed by atoms with E-state index in [9.17, 15) is 0 Å². The minimum absolute atomic E-state index is 0.219. The predicted molar refractivity (Wildman–Crippen MR) is 119 cm³/mol. The van der Waals surface area contributed by atoms with Crippen molar-refractivity contribution in [1.82, 2.24) is 0 Å². The zero-order chi connectivity index (χ0) is 20.3. The fourth-order valence-electron chi connectivity index (χ4n) is 4.75. The molecule has 3 rings (SSSR count). The number of ether oxygens (including phenoxy) is 3. The van der Waals surface area contributed by atoms with E-state index in [-0.39, 0.29) is 6.29 Å². The molecule has 0 N–H and O–H groups in total. The molecule has 0 unspecified atom stereocenters. The lowest BCUT2D eigenvalue weighted by Crippen LogP contribution is -2.26. The van der Waals surface area contributed by atoms with Crippen molar-refractivity contribution < 1.29 is 14.2 Å². The second-order valence-corrected chi connectivity index (χ2v) is 9.22. The molecule has 3 nitrogen and oxygen atoms in total. The molecule has 1 saturated carbocycles. The Bertz CT molecular complexity index is 540. The molecule has 0 aromatic heterocycles. The van der Waals surface area contributed by atoms with E-state index >= 15 is 0 Å². The first-order valence-electron chi connectivity index (χ1n) is 12.2. The first-order chi connectivity index (χ1) is 14.3. The zero-order valence-electron chi connectivity index (χ0n) is 18.7. The lowest BCUT2D eigenvalue weighted by Gasteiger charge is -2.29. The van der Waals surface area contributed by atoms with Crippen LogP contribution in [0.4, 0.5) is 0 Å². The highest BCUT2D eigenvalue weighted by Crippen LogP contribution is 2.34. The van der Waals surface area contributed by atoms with Crippen LogP contribution in [0.15, 0.2) is 24.3 Å². The smallest absolute Gasteiger partial charge is 0.183 e. The standard InChI is InChI=1S/C26H42O3/c1-3-5-6-8-22-10-12-23(13-11-22)9-7-18-27-25-16-14-24(15-17-25)26-28-19-21(4-2)20-29-26/h14-17,21-23,26H,3-13,18-20H2,1-2H3. The Kier molecular flexibility index (Phi) is 9.82. The highest BCUT2D eigenvalue weighted by molar-refractivity contribution is 5.28. The van der Waals surface area contributed by atoms with Crippen molar-refractivity contribution >= 4 is 0 Å². The molecule has 1 aromatic rings. The van der Waals surface area contributed by atoms with E-state index in [1.165, 1.54) is 64.2 Å². The topological polar surface area (TPSA) is 27.7 Å². The van der Waals surface area contributed by atoms with Crippen LogP contribution >= 0.6 is 0 Å². The van der Waals surface area contributed by atoms with E-state index in [2.05, 4.69) is 38.1 Å². The Morgan fingerprint density at radius 3 is 2.00 bits per heavy atom. The van der Waals surface area contributed by atoms with Gasteiger partial charge in [0, 0.05) is 11.5 Å². The average Bonchev–Trinajstić information content (AvgIpc) is 2.78. The van der Waals surface area contributed by atoms with Crippen LogP contribution in [0.5, 0.6) is 5.75 Å². The van der Waals surface area contributed by atoms with Crippen LogP contribution < -0.4 is 4.74 Å². The van der Waals surface area contributed by atoms with Gasteiger partial charge in [-0.15, -0.1) is 0 Å². The Labute approximate surface area is 178 Å². The number of unbranched alkanes of at least 4 members (excludes halogenated alkanes) is 2. The summed E-state index contributed by atoms with van der Waals surface area (Å²) in [4.78, 5) is 0. The molecule has 0 atom stereocenters. The van der Waals surface area contributed by atoms with Crippen LogP contribution in [0.25, 0.3) is 0 Å². The first-order valence-corrected chi connectivity index (χ1v) is 12.2. The third-order valence-corrected chi connectivity index (χ3v) is 6.90. The van der Waals surface area contributed by atoms with Gasteiger partial charge in [-0.25, -0.2) is 0 Å². The maximum atomic E-state index is 5.98. The molecule has 29 heavy (non-hydrogen) atoms. The predicted octanol–water partition coefficient (Wildman–Crippen LogP) is 7.30.